The molecule has 34 heavy (non-hydrogen) atoms. The molecule has 2 aromatic carbocycles. The number of rotatable bonds is 8. The first-order chi connectivity index (χ1) is 16.6. The van der Waals surface area contributed by atoms with Gasteiger partial charge < -0.3 is 28.7 Å². The minimum atomic E-state index is -0.692. The van der Waals surface area contributed by atoms with Gasteiger partial charge in [-0.1, -0.05) is 18.7 Å². The maximum absolute atomic E-state index is 12.4. The number of nitrogens with one attached hydrogen (secondary N) is 2. The highest BCUT2D eigenvalue weighted by atomic mass is 16.6. The molecular weight excluding hydrogens is 442 g/mol. The van der Waals surface area contributed by atoms with E-state index in [-0.39, 0.29) is 12.6 Å². The minimum Gasteiger partial charge on any atom is -0.465 e. The Labute approximate surface area is 195 Å². The van der Waals surface area contributed by atoms with Crippen LogP contribution in [0, 0.1) is 0 Å². The number of hydrogen-bond acceptors (Lipinski definition) is 8. The van der Waals surface area contributed by atoms with Gasteiger partial charge in [-0.3, -0.25) is 5.32 Å². The van der Waals surface area contributed by atoms with Crippen molar-refractivity contribution < 1.29 is 33.0 Å². The van der Waals surface area contributed by atoms with Crippen LogP contribution in [-0.4, -0.2) is 36.5 Å². The third-order valence-corrected chi connectivity index (χ3v) is 4.84. The van der Waals surface area contributed by atoms with Gasteiger partial charge in [0.1, 0.15) is 17.6 Å². The molecule has 0 bridgehead atoms. The van der Waals surface area contributed by atoms with Crippen molar-refractivity contribution in [1.82, 2.24) is 10.3 Å². The Balaban J connectivity index is 1.33. The summed E-state index contributed by atoms with van der Waals surface area (Å²) < 4.78 is 26.6. The summed E-state index contributed by atoms with van der Waals surface area (Å²) >= 11 is 0. The van der Waals surface area contributed by atoms with Crippen molar-refractivity contribution >= 4 is 17.9 Å². The van der Waals surface area contributed by atoms with Gasteiger partial charge in [-0.25, -0.2) is 14.6 Å². The molecule has 176 valence electrons. The maximum atomic E-state index is 12.4. The quantitative estimate of drug-likeness (QED) is 0.467. The number of anilines is 1. The van der Waals surface area contributed by atoms with Crippen LogP contribution in [0.25, 0.3) is 11.3 Å². The van der Waals surface area contributed by atoms with Crippen LogP contribution in [-0.2, 0) is 16.0 Å². The highest BCUT2D eigenvalue weighted by Crippen LogP contribution is 2.32. The minimum absolute atomic E-state index is 0.219. The summed E-state index contributed by atoms with van der Waals surface area (Å²) in [6.07, 6.45) is 3.39. The van der Waals surface area contributed by atoms with E-state index < -0.39 is 12.2 Å². The van der Waals surface area contributed by atoms with E-state index in [0.717, 1.165) is 5.56 Å². The molecule has 10 heteroatoms. The molecule has 0 aliphatic carbocycles. The lowest BCUT2D eigenvalue weighted by Gasteiger charge is -2.12. The predicted molar refractivity (Wildman–Crippen MR) is 121 cm³/mol. The van der Waals surface area contributed by atoms with E-state index in [1.54, 1.807) is 48.7 Å². The number of carbonyl (C=O) groups is 2. The topological polar surface area (TPSA) is 121 Å². The molecule has 0 saturated carbocycles. The summed E-state index contributed by atoms with van der Waals surface area (Å²) in [5.74, 6) is 1.25. The van der Waals surface area contributed by atoms with Gasteiger partial charge in [0, 0.05) is 24.7 Å². The summed E-state index contributed by atoms with van der Waals surface area (Å²) in [4.78, 5) is 28.2. The Hall–Kier alpha value is -4.31. The second-order valence-corrected chi connectivity index (χ2v) is 7.27. The molecule has 1 aliphatic heterocycles. The lowest BCUT2D eigenvalue weighted by atomic mass is 10.1. The monoisotopic (exact) mass is 465 g/mol. The second-order valence-electron chi connectivity index (χ2n) is 7.27. The van der Waals surface area contributed by atoms with Crippen LogP contribution in [0.4, 0.5) is 15.3 Å². The van der Waals surface area contributed by atoms with Gasteiger partial charge >= 0.3 is 12.2 Å². The first kappa shape index (κ1) is 22.9. The van der Waals surface area contributed by atoms with Gasteiger partial charge in [-0.15, -0.1) is 0 Å². The Morgan fingerprint density at radius 2 is 2.12 bits per heavy atom. The Morgan fingerprint density at radius 1 is 1.21 bits per heavy atom. The van der Waals surface area contributed by atoms with Gasteiger partial charge in [0.25, 0.3) is 0 Å². The largest absolute Gasteiger partial charge is 0.465 e. The van der Waals surface area contributed by atoms with Crippen LogP contribution in [0.1, 0.15) is 12.0 Å². The molecule has 10 nitrogen and oxygen atoms in total. The third kappa shape index (κ3) is 6.14. The number of nitrogens with zero attached hydrogens (tertiary/aromatic N) is 1. The van der Waals surface area contributed by atoms with Gasteiger partial charge in [0.2, 0.25) is 0 Å². The Morgan fingerprint density at radius 3 is 2.88 bits per heavy atom. The number of aromatic nitrogens is 1. The van der Waals surface area contributed by atoms with Crippen LogP contribution < -0.4 is 20.1 Å². The first-order valence-electron chi connectivity index (χ1n) is 10.5. The van der Waals surface area contributed by atoms with E-state index >= 15 is 0 Å². The van der Waals surface area contributed by atoms with Crippen molar-refractivity contribution in [2.45, 2.75) is 19.1 Å². The molecule has 1 fully saturated rings. The number of benzene rings is 2. The molecule has 1 aliphatic rings. The van der Waals surface area contributed by atoms with Crippen molar-refractivity contribution in [1.29, 1.82) is 0 Å². The van der Waals surface area contributed by atoms with Crippen molar-refractivity contribution in [3.8, 4) is 22.8 Å². The second kappa shape index (κ2) is 11.0. The summed E-state index contributed by atoms with van der Waals surface area (Å²) in [6, 6.07) is 11.8. The van der Waals surface area contributed by atoms with Gasteiger partial charge in [-0.05, 0) is 29.8 Å². The van der Waals surface area contributed by atoms with Crippen LogP contribution >= 0.6 is 0 Å². The highest BCUT2D eigenvalue weighted by Gasteiger charge is 2.19. The SMILES string of the molecule is C=COc1cc(NC(=O)Oc2cccc(CNC(=O)O[C@H]3CCOC3)c2)ccc1-c1cnco1. The maximum Gasteiger partial charge on any atom is 0.417 e. The predicted octanol–water partition coefficient (Wildman–Crippen LogP) is 4.49. The van der Waals surface area contributed by atoms with E-state index in [1.165, 1.54) is 12.7 Å². The standard InChI is InChI=1S/C24H23N3O7/c1-2-31-21-11-17(6-7-20(21)22-13-25-15-32-22)27-24(29)33-18-5-3-4-16(10-18)12-26-23(28)34-19-8-9-30-14-19/h2-7,10-11,13,15,19H,1,8-9,12,14H2,(H,26,28)(H,27,29)/t19-/m0/s1. The Bertz CT molecular complexity index is 1140. The van der Waals surface area contributed by atoms with E-state index in [9.17, 15) is 9.59 Å². The average molecular weight is 465 g/mol. The van der Waals surface area contributed by atoms with Crippen molar-refractivity contribution in [3.63, 3.8) is 0 Å². The van der Waals surface area contributed by atoms with Crippen molar-refractivity contribution in [2.24, 2.45) is 0 Å². The molecule has 3 aromatic rings. The van der Waals surface area contributed by atoms with Gasteiger partial charge in [0.05, 0.1) is 31.2 Å². The van der Waals surface area contributed by atoms with E-state index in [4.69, 9.17) is 23.4 Å². The molecule has 0 unspecified atom stereocenters. The smallest absolute Gasteiger partial charge is 0.417 e. The normalized spacial score (nSPS) is 14.8. The van der Waals surface area contributed by atoms with E-state index in [2.05, 4.69) is 22.2 Å². The van der Waals surface area contributed by atoms with Crippen LogP contribution in [0.15, 0.2) is 72.3 Å². The number of oxazole rings is 1. The molecule has 1 saturated heterocycles. The fraction of sp³-hybridized carbons (Fsp3) is 0.208. The zero-order valence-electron chi connectivity index (χ0n) is 18.2. The number of carbonyl (C=O) groups excluding carboxylic acids is 2. The molecule has 1 aromatic heterocycles. The summed E-state index contributed by atoms with van der Waals surface area (Å²) in [7, 11) is 0. The molecule has 2 N–H and O–H groups in total. The number of amides is 2. The van der Waals surface area contributed by atoms with E-state index in [0.29, 0.717) is 48.1 Å². The molecular formula is C24H23N3O7. The molecule has 0 spiro atoms. The number of hydrogen-bond donors (Lipinski definition) is 2. The summed E-state index contributed by atoms with van der Waals surface area (Å²) in [5.41, 5.74) is 1.83. The van der Waals surface area contributed by atoms with Crippen LogP contribution in [0.5, 0.6) is 11.5 Å². The number of ether oxygens (including phenoxy) is 4. The van der Waals surface area contributed by atoms with Crippen LogP contribution in [0.3, 0.4) is 0 Å². The van der Waals surface area contributed by atoms with Gasteiger partial charge in [-0.2, -0.15) is 0 Å². The number of alkyl carbamates (subject to hydrolysis) is 1. The first-order valence-corrected chi connectivity index (χ1v) is 10.5. The van der Waals surface area contributed by atoms with Crippen molar-refractivity contribution in [2.75, 3.05) is 18.5 Å². The summed E-state index contributed by atoms with van der Waals surface area (Å²) in [5, 5.41) is 5.32. The molecule has 0 radical (unpaired) electrons. The molecule has 2 amide bonds. The van der Waals surface area contributed by atoms with E-state index in [1.807, 2.05) is 0 Å². The molecule has 2 heterocycles. The lowest BCUT2D eigenvalue weighted by molar-refractivity contribution is 0.0828. The third-order valence-electron chi connectivity index (χ3n) is 4.84. The van der Waals surface area contributed by atoms with Crippen LogP contribution in [0.2, 0.25) is 0 Å². The molecule has 1 atom stereocenters. The highest BCUT2D eigenvalue weighted by molar-refractivity contribution is 5.87. The zero-order valence-corrected chi connectivity index (χ0v) is 18.2. The lowest BCUT2D eigenvalue weighted by Crippen LogP contribution is -2.28. The summed E-state index contributed by atoms with van der Waals surface area (Å²) in [6.45, 7) is 4.79. The Kier molecular flexibility index (Phi) is 7.41. The zero-order chi connectivity index (χ0) is 23.8. The molecule has 4 rings (SSSR count). The van der Waals surface area contributed by atoms with Gasteiger partial charge in [0.15, 0.2) is 12.2 Å². The fourth-order valence-electron chi connectivity index (χ4n) is 3.28. The van der Waals surface area contributed by atoms with Crippen molar-refractivity contribution in [3.05, 3.63) is 73.5 Å². The average Bonchev–Trinajstić information content (AvgIpc) is 3.53. The fourth-order valence-corrected chi connectivity index (χ4v) is 3.28.